The van der Waals surface area contributed by atoms with E-state index in [0.717, 1.165) is 25.7 Å². The fourth-order valence-electron chi connectivity index (χ4n) is 2.59. The Labute approximate surface area is 134 Å². The topological polar surface area (TPSA) is 43.1 Å². The number of carbonyl (C=O) groups excluding carboxylic acids is 1. The van der Waals surface area contributed by atoms with Crippen molar-refractivity contribution >= 4 is 21.8 Å². The zero-order valence-corrected chi connectivity index (χ0v) is 15.1. The van der Waals surface area contributed by atoms with Crippen LogP contribution in [0.15, 0.2) is 0 Å². The number of rotatable bonds is 14. The molecule has 0 fully saturated rings. The van der Waals surface area contributed by atoms with Crippen molar-refractivity contribution in [1.29, 1.82) is 0 Å². The van der Waals surface area contributed by atoms with E-state index in [1.807, 2.05) is 0 Å². The number of hydrogen-bond acceptors (Lipinski definition) is 1. The van der Waals surface area contributed by atoms with E-state index >= 15 is 0 Å². The summed E-state index contributed by atoms with van der Waals surface area (Å²) in [5.74, 6) is -0.0503. The average molecular weight is 348 g/mol. The molecule has 0 aromatic rings. The van der Waals surface area contributed by atoms with Gasteiger partial charge in [-0.1, -0.05) is 87.6 Å². The van der Waals surface area contributed by atoms with Gasteiger partial charge in [-0.25, -0.2) is 0 Å². The summed E-state index contributed by atoms with van der Waals surface area (Å²) in [6.07, 6.45) is 14.4. The lowest BCUT2D eigenvalue weighted by Gasteiger charge is -2.17. The summed E-state index contributed by atoms with van der Waals surface area (Å²) in [6, 6.07) is 0. The van der Waals surface area contributed by atoms with Gasteiger partial charge < -0.3 is 5.73 Å². The zero-order valence-electron chi connectivity index (χ0n) is 13.5. The standard InChI is InChI=1S/C17H34BrNO/c1-3-5-7-8-9-11-12-15(17(19)20)14-16(18)13-10-6-4-2/h15-16H,3-14H2,1-2H3,(H2,19,20). The number of unbranched alkanes of at least 4 members (excludes halogenated alkanes) is 7. The maximum Gasteiger partial charge on any atom is 0.220 e. The van der Waals surface area contributed by atoms with Crippen LogP contribution in [0.25, 0.3) is 0 Å². The first-order valence-electron chi connectivity index (χ1n) is 8.55. The van der Waals surface area contributed by atoms with E-state index in [1.54, 1.807) is 0 Å². The number of nitrogens with two attached hydrogens (primary N) is 1. The van der Waals surface area contributed by atoms with E-state index in [9.17, 15) is 4.79 Å². The average Bonchev–Trinajstić information content (AvgIpc) is 2.41. The van der Waals surface area contributed by atoms with Gasteiger partial charge in [0.05, 0.1) is 0 Å². The highest BCUT2D eigenvalue weighted by Crippen LogP contribution is 2.23. The molecular formula is C17H34BrNO. The smallest absolute Gasteiger partial charge is 0.220 e. The highest BCUT2D eigenvalue weighted by molar-refractivity contribution is 9.09. The number of hydrogen-bond donors (Lipinski definition) is 1. The molecule has 2 nitrogen and oxygen atoms in total. The van der Waals surface area contributed by atoms with Gasteiger partial charge in [0.1, 0.15) is 0 Å². The Morgan fingerprint density at radius 3 is 2.00 bits per heavy atom. The van der Waals surface area contributed by atoms with Crippen molar-refractivity contribution in [3.05, 3.63) is 0 Å². The third-order valence-electron chi connectivity index (χ3n) is 3.97. The number of halogens is 1. The predicted octanol–water partition coefficient (Wildman–Crippen LogP) is 5.57. The minimum absolute atomic E-state index is 0.0622. The lowest BCUT2D eigenvalue weighted by molar-refractivity contribution is -0.122. The van der Waals surface area contributed by atoms with Gasteiger partial charge in [0.15, 0.2) is 0 Å². The minimum Gasteiger partial charge on any atom is -0.369 e. The van der Waals surface area contributed by atoms with Crippen molar-refractivity contribution < 1.29 is 4.79 Å². The van der Waals surface area contributed by atoms with Crippen LogP contribution in [0.3, 0.4) is 0 Å². The van der Waals surface area contributed by atoms with Crippen molar-refractivity contribution in [3.8, 4) is 0 Å². The molecule has 0 aliphatic heterocycles. The number of primary amides is 1. The summed E-state index contributed by atoms with van der Waals surface area (Å²) in [5, 5.41) is 0. The molecule has 20 heavy (non-hydrogen) atoms. The molecule has 1 amide bonds. The third-order valence-corrected chi connectivity index (χ3v) is 4.80. The number of amides is 1. The van der Waals surface area contributed by atoms with Gasteiger partial charge in [0.25, 0.3) is 0 Å². The summed E-state index contributed by atoms with van der Waals surface area (Å²) in [7, 11) is 0. The fourth-order valence-corrected chi connectivity index (χ4v) is 3.36. The van der Waals surface area contributed by atoms with E-state index in [2.05, 4.69) is 29.8 Å². The first-order valence-corrected chi connectivity index (χ1v) is 9.46. The molecule has 120 valence electrons. The van der Waals surface area contributed by atoms with Crippen LogP contribution in [0.2, 0.25) is 0 Å². The normalized spacial score (nSPS) is 14.2. The van der Waals surface area contributed by atoms with Crippen LogP contribution in [0.5, 0.6) is 0 Å². The van der Waals surface area contributed by atoms with Gasteiger partial charge in [-0.05, 0) is 19.3 Å². The van der Waals surface area contributed by atoms with E-state index < -0.39 is 0 Å². The van der Waals surface area contributed by atoms with Gasteiger partial charge in [-0.15, -0.1) is 0 Å². The maximum atomic E-state index is 11.5. The Kier molecular flexibility index (Phi) is 13.9. The van der Waals surface area contributed by atoms with Crippen LogP contribution in [0.1, 0.15) is 90.9 Å². The molecule has 2 atom stereocenters. The van der Waals surface area contributed by atoms with Crippen LogP contribution in [0, 0.1) is 5.92 Å². The Morgan fingerprint density at radius 1 is 0.900 bits per heavy atom. The molecular weight excluding hydrogens is 314 g/mol. The van der Waals surface area contributed by atoms with E-state index in [0.29, 0.717) is 4.83 Å². The van der Waals surface area contributed by atoms with Crippen molar-refractivity contribution in [1.82, 2.24) is 0 Å². The number of alkyl halides is 1. The molecule has 2 unspecified atom stereocenters. The fraction of sp³-hybridized carbons (Fsp3) is 0.941. The van der Waals surface area contributed by atoms with Crippen molar-refractivity contribution in [2.24, 2.45) is 11.7 Å². The van der Waals surface area contributed by atoms with Crippen LogP contribution < -0.4 is 5.73 Å². The van der Waals surface area contributed by atoms with Gasteiger partial charge in [0, 0.05) is 10.7 Å². The second-order valence-electron chi connectivity index (χ2n) is 5.98. The molecule has 0 bridgehead atoms. The molecule has 0 rings (SSSR count). The molecule has 0 aromatic carbocycles. The van der Waals surface area contributed by atoms with Crippen LogP contribution in [-0.2, 0) is 4.79 Å². The van der Waals surface area contributed by atoms with Gasteiger partial charge in [0.2, 0.25) is 5.91 Å². The predicted molar refractivity (Wildman–Crippen MR) is 92.2 cm³/mol. The quantitative estimate of drug-likeness (QED) is 0.323. The van der Waals surface area contributed by atoms with Crippen molar-refractivity contribution in [2.45, 2.75) is 95.7 Å². The SMILES string of the molecule is CCCCCCCCC(CC(Br)CCCCC)C(N)=O. The second-order valence-corrected chi connectivity index (χ2v) is 7.28. The van der Waals surface area contributed by atoms with E-state index in [1.165, 1.54) is 51.4 Å². The molecule has 0 spiro atoms. The van der Waals surface area contributed by atoms with E-state index in [-0.39, 0.29) is 11.8 Å². The van der Waals surface area contributed by atoms with Gasteiger partial charge >= 0.3 is 0 Å². The summed E-state index contributed by atoms with van der Waals surface area (Å²) < 4.78 is 0. The zero-order chi connectivity index (χ0) is 15.2. The molecule has 0 aromatic heterocycles. The molecule has 0 saturated heterocycles. The molecule has 0 aliphatic carbocycles. The molecule has 3 heteroatoms. The molecule has 2 N–H and O–H groups in total. The van der Waals surface area contributed by atoms with Crippen molar-refractivity contribution in [2.75, 3.05) is 0 Å². The molecule has 0 heterocycles. The molecule has 0 saturated carbocycles. The molecule has 0 aliphatic rings. The molecule has 0 radical (unpaired) electrons. The summed E-state index contributed by atoms with van der Waals surface area (Å²) >= 11 is 3.71. The first kappa shape index (κ1) is 19.9. The highest BCUT2D eigenvalue weighted by Gasteiger charge is 2.18. The summed E-state index contributed by atoms with van der Waals surface area (Å²) in [4.78, 5) is 12.0. The van der Waals surface area contributed by atoms with Gasteiger partial charge in [-0.3, -0.25) is 4.79 Å². The second kappa shape index (κ2) is 13.9. The third kappa shape index (κ3) is 11.7. The van der Waals surface area contributed by atoms with Gasteiger partial charge in [-0.2, -0.15) is 0 Å². The monoisotopic (exact) mass is 347 g/mol. The highest BCUT2D eigenvalue weighted by atomic mass is 79.9. The van der Waals surface area contributed by atoms with Crippen LogP contribution in [-0.4, -0.2) is 10.7 Å². The van der Waals surface area contributed by atoms with E-state index in [4.69, 9.17) is 5.73 Å². The maximum absolute atomic E-state index is 11.5. The summed E-state index contributed by atoms with van der Waals surface area (Å²) in [5.41, 5.74) is 5.54. The first-order chi connectivity index (χ1) is 9.61. The lowest BCUT2D eigenvalue weighted by Crippen LogP contribution is -2.25. The Morgan fingerprint density at radius 2 is 1.40 bits per heavy atom. The summed E-state index contributed by atoms with van der Waals surface area (Å²) in [6.45, 7) is 4.45. The Balaban J connectivity index is 3.78. The minimum atomic E-state index is -0.113. The lowest BCUT2D eigenvalue weighted by atomic mass is 9.93. The van der Waals surface area contributed by atoms with Crippen LogP contribution >= 0.6 is 15.9 Å². The number of carbonyl (C=O) groups is 1. The Bertz CT molecular complexity index is 233. The van der Waals surface area contributed by atoms with Crippen molar-refractivity contribution in [3.63, 3.8) is 0 Å². The largest absolute Gasteiger partial charge is 0.369 e. The van der Waals surface area contributed by atoms with Crippen LogP contribution in [0.4, 0.5) is 0 Å². The Hall–Kier alpha value is -0.0500.